The van der Waals surface area contributed by atoms with Crippen molar-refractivity contribution < 1.29 is 9.53 Å². The van der Waals surface area contributed by atoms with Crippen LogP contribution in [0.3, 0.4) is 0 Å². The number of benzene rings is 1. The van der Waals surface area contributed by atoms with E-state index in [1.807, 2.05) is 30.3 Å². The van der Waals surface area contributed by atoms with Gasteiger partial charge in [0.05, 0.1) is 24.0 Å². The van der Waals surface area contributed by atoms with Crippen molar-refractivity contribution in [1.29, 1.82) is 0 Å². The quantitative estimate of drug-likeness (QED) is 0.862. The normalized spacial score (nSPS) is 10.2. The molecular formula is C15H16ClN3O2. The summed E-state index contributed by atoms with van der Waals surface area (Å²) in [6, 6.07) is 10.9. The van der Waals surface area contributed by atoms with E-state index in [1.165, 1.54) is 17.2 Å². The number of ether oxygens (including phenoxy) is 1. The number of rotatable bonds is 5. The predicted molar refractivity (Wildman–Crippen MR) is 82.6 cm³/mol. The van der Waals surface area contributed by atoms with Crippen molar-refractivity contribution in [1.82, 2.24) is 9.88 Å². The molecule has 0 fully saturated rings. The molecule has 0 radical (unpaired) electrons. The highest BCUT2D eigenvalue weighted by atomic mass is 35.5. The smallest absolute Gasteiger partial charge is 0.255 e. The first-order valence-corrected chi connectivity index (χ1v) is 6.80. The van der Waals surface area contributed by atoms with Gasteiger partial charge in [-0.3, -0.25) is 4.79 Å². The highest BCUT2D eigenvalue weighted by Crippen LogP contribution is 2.16. The molecule has 0 saturated carbocycles. The van der Waals surface area contributed by atoms with Crippen LogP contribution in [0.1, 0.15) is 10.4 Å². The number of hydrogen-bond acceptors (Lipinski definition) is 4. The van der Waals surface area contributed by atoms with E-state index in [4.69, 9.17) is 22.1 Å². The number of aromatic nitrogens is 1. The van der Waals surface area contributed by atoms with Gasteiger partial charge in [-0.25, -0.2) is 4.98 Å². The molecule has 21 heavy (non-hydrogen) atoms. The molecule has 1 amide bonds. The topological polar surface area (TPSA) is 68.5 Å². The van der Waals surface area contributed by atoms with Gasteiger partial charge in [0.15, 0.2) is 0 Å². The predicted octanol–water partition coefficient (Wildman–Crippen LogP) is 2.47. The summed E-state index contributed by atoms with van der Waals surface area (Å²) in [4.78, 5) is 17.6. The van der Waals surface area contributed by atoms with Crippen molar-refractivity contribution >= 4 is 23.2 Å². The number of para-hydroxylation sites is 1. The summed E-state index contributed by atoms with van der Waals surface area (Å²) in [7, 11) is 1.68. The fourth-order valence-electron chi connectivity index (χ4n) is 1.75. The maximum Gasteiger partial charge on any atom is 0.255 e. The largest absolute Gasteiger partial charge is 0.492 e. The molecule has 0 bridgehead atoms. The van der Waals surface area contributed by atoms with E-state index in [0.29, 0.717) is 24.4 Å². The van der Waals surface area contributed by atoms with Crippen LogP contribution in [0.15, 0.2) is 42.6 Å². The average molecular weight is 306 g/mol. The van der Waals surface area contributed by atoms with E-state index < -0.39 is 0 Å². The Morgan fingerprint density at radius 3 is 2.81 bits per heavy atom. The third-order valence-corrected chi connectivity index (χ3v) is 3.12. The molecule has 2 aromatic rings. The van der Waals surface area contributed by atoms with Crippen LogP contribution in [0.2, 0.25) is 5.15 Å². The highest BCUT2D eigenvalue weighted by Gasteiger charge is 2.15. The van der Waals surface area contributed by atoms with E-state index in [0.717, 1.165) is 5.75 Å². The molecule has 1 heterocycles. The van der Waals surface area contributed by atoms with Crippen LogP contribution in [0.4, 0.5) is 5.69 Å². The standard InChI is InChI=1S/C15H16ClN3O2/c1-19(7-8-21-11-5-3-2-4-6-11)15(20)12-9-14(16)18-10-13(12)17/h2-6,9-10H,7-8,17H2,1H3. The fraction of sp³-hybridized carbons (Fsp3) is 0.200. The minimum absolute atomic E-state index is 0.214. The van der Waals surface area contributed by atoms with E-state index >= 15 is 0 Å². The zero-order valence-electron chi connectivity index (χ0n) is 11.6. The second-order valence-electron chi connectivity index (χ2n) is 4.48. The second-order valence-corrected chi connectivity index (χ2v) is 4.87. The van der Waals surface area contributed by atoms with Gasteiger partial charge in [-0.1, -0.05) is 29.8 Å². The lowest BCUT2D eigenvalue weighted by Crippen LogP contribution is -2.31. The van der Waals surface area contributed by atoms with Crippen molar-refractivity contribution in [2.24, 2.45) is 0 Å². The number of likely N-dealkylation sites (N-methyl/N-ethyl adjacent to an activating group) is 1. The maximum atomic E-state index is 12.3. The molecule has 1 aromatic heterocycles. The number of nitrogen functional groups attached to an aromatic ring is 1. The Balaban J connectivity index is 1.92. The third kappa shape index (κ3) is 4.10. The van der Waals surface area contributed by atoms with Gasteiger partial charge in [0.2, 0.25) is 0 Å². The molecule has 1 aromatic carbocycles. The number of anilines is 1. The van der Waals surface area contributed by atoms with Gasteiger partial charge in [-0.2, -0.15) is 0 Å². The van der Waals surface area contributed by atoms with Gasteiger partial charge in [-0.05, 0) is 18.2 Å². The third-order valence-electron chi connectivity index (χ3n) is 2.92. The van der Waals surface area contributed by atoms with E-state index in [-0.39, 0.29) is 11.1 Å². The molecule has 2 rings (SSSR count). The van der Waals surface area contributed by atoms with E-state index in [9.17, 15) is 4.79 Å². The summed E-state index contributed by atoms with van der Waals surface area (Å²) in [6.45, 7) is 0.831. The van der Waals surface area contributed by atoms with Crippen LogP contribution in [-0.4, -0.2) is 36.0 Å². The molecule has 0 unspecified atom stereocenters. The number of carbonyl (C=O) groups is 1. The summed E-state index contributed by atoms with van der Waals surface area (Å²) in [6.07, 6.45) is 1.38. The monoisotopic (exact) mass is 305 g/mol. The maximum absolute atomic E-state index is 12.3. The van der Waals surface area contributed by atoms with Gasteiger partial charge in [0.1, 0.15) is 17.5 Å². The molecule has 0 aliphatic carbocycles. The summed E-state index contributed by atoms with van der Waals surface area (Å²) in [5.41, 5.74) is 6.40. The lowest BCUT2D eigenvalue weighted by Gasteiger charge is -2.18. The zero-order chi connectivity index (χ0) is 15.2. The van der Waals surface area contributed by atoms with Crippen molar-refractivity contribution in [3.05, 3.63) is 53.3 Å². The van der Waals surface area contributed by atoms with E-state index in [1.54, 1.807) is 7.05 Å². The Hall–Kier alpha value is -2.27. The van der Waals surface area contributed by atoms with Crippen molar-refractivity contribution in [2.45, 2.75) is 0 Å². The summed E-state index contributed by atoms with van der Waals surface area (Å²) in [5, 5.41) is 0.237. The molecule has 2 N–H and O–H groups in total. The number of pyridine rings is 1. The molecule has 0 aliphatic rings. The Labute approximate surface area is 128 Å². The molecule has 110 valence electrons. The van der Waals surface area contributed by atoms with Gasteiger partial charge in [-0.15, -0.1) is 0 Å². The van der Waals surface area contributed by atoms with E-state index in [2.05, 4.69) is 4.98 Å². The average Bonchev–Trinajstić information content (AvgIpc) is 2.50. The van der Waals surface area contributed by atoms with Crippen LogP contribution < -0.4 is 10.5 Å². The fourth-order valence-corrected chi connectivity index (χ4v) is 1.91. The first-order chi connectivity index (χ1) is 10.1. The molecule has 0 atom stereocenters. The summed E-state index contributed by atoms with van der Waals surface area (Å²) >= 11 is 5.79. The Kier molecular flexibility index (Phi) is 5.00. The lowest BCUT2D eigenvalue weighted by atomic mass is 10.2. The number of hydrogen-bond donors (Lipinski definition) is 1. The van der Waals surface area contributed by atoms with Crippen LogP contribution in [-0.2, 0) is 0 Å². The van der Waals surface area contributed by atoms with Crippen molar-refractivity contribution in [3.63, 3.8) is 0 Å². The summed E-state index contributed by atoms with van der Waals surface area (Å²) in [5.74, 6) is 0.554. The molecular weight excluding hydrogens is 290 g/mol. The molecule has 6 heteroatoms. The van der Waals surface area contributed by atoms with Crippen LogP contribution in [0.25, 0.3) is 0 Å². The van der Waals surface area contributed by atoms with Crippen molar-refractivity contribution in [2.75, 3.05) is 25.9 Å². The minimum Gasteiger partial charge on any atom is -0.492 e. The molecule has 0 aliphatic heterocycles. The van der Waals surface area contributed by atoms with Gasteiger partial charge in [0, 0.05) is 7.05 Å². The van der Waals surface area contributed by atoms with Crippen LogP contribution in [0, 0.1) is 0 Å². The van der Waals surface area contributed by atoms with Crippen LogP contribution >= 0.6 is 11.6 Å². The molecule has 5 nitrogen and oxygen atoms in total. The molecule has 0 spiro atoms. The first-order valence-electron chi connectivity index (χ1n) is 6.42. The van der Waals surface area contributed by atoms with Crippen molar-refractivity contribution in [3.8, 4) is 5.75 Å². The second kappa shape index (κ2) is 6.95. The Morgan fingerprint density at radius 1 is 1.38 bits per heavy atom. The SMILES string of the molecule is CN(CCOc1ccccc1)C(=O)c1cc(Cl)ncc1N. The highest BCUT2D eigenvalue weighted by molar-refractivity contribution is 6.29. The number of halogens is 1. The van der Waals surface area contributed by atoms with Crippen LogP contribution in [0.5, 0.6) is 5.75 Å². The Bertz CT molecular complexity index is 620. The van der Waals surface area contributed by atoms with Gasteiger partial charge in [0.25, 0.3) is 5.91 Å². The lowest BCUT2D eigenvalue weighted by molar-refractivity contribution is 0.0774. The number of nitrogens with two attached hydrogens (primary N) is 1. The number of nitrogens with zero attached hydrogens (tertiary/aromatic N) is 2. The Morgan fingerprint density at radius 2 is 2.10 bits per heavy atom. The van der Waals surface area contributed by atoms with Gasteiger partial charge >= 0.3 is 0 Å². The molecule has 0 saturated heterocycles. The summed E-state index contributed by atoms with van der Waals surface area (Å²) < 4.78 is 5.55. The number of amides is 1. The zero-order valence-corrected chi connectivity index (χ0v) is 12.4. The first kappa shape index (κ1) is 15.1. The van der Waals surface area contributed by atoms with Gasteiger partial charge < -0.3 is 15.4 Å². The minimum atomic E-state index is -0.214. The number of carbonyl (C=O) groups excluding carboxylic acids is 1.